The summed E-state index contributed by atoms with van der Waals surface area (Å²) in [4.78, 5) is 33.7. The number of nitrogens with one attached hydrogen (secondary N) is 2. The molecule has 3 atom stereocenters. The highest BCUT2D eigenvalue weighted by atomic mass is 16.5. The average molecular weight is 272 g/mol. The van der Waals surface area contributed by atoms with Crippen molar-refractivity contribution in [2.75, 3.05) is 6.61 Å². The fourth-order valence-corrected chi connectivity index (χ4v) is 2.09. The van der Waals surface area contributed by atoms with Gasteiger partial charge in [-0.1, -0.05) is 0 Å². The standard InChI is InChI=1S/C12H20N2O5/c1-3-19-11(17)7(2)13-12(18)14-9-5-4-8(6-9)10(15)16/h7-9H,3-6H2,1-2H3,(H,15,16)(H2,13,14,18)/t7?,8-,9+/m1/s1. The smallest absolute Gasteiger partial charge is 0.328 e. The molecule has 1 aliphatic rings. The van der Waals surface area contributed by atoms with E-state index < -0.39 is 29.9 Å². The summed E-state index contributed by atoms with van der Waals surface area (Å²) in [6.07, 6.45) is 1.63. The van der Waals surface area contributed by atoms with Gasteiger partial charge in [0.25, 0.3) is 0 Å². The molecule has 0 spiro atoms. The van der Waals surface area contributed by atoms with Crippen LogP contribution in [0.3, 0.4) is 0 Å². The number of carbonyl (C=O) groups is 3. The molecule has 1 fully saturated rings. The lowest BCUT2D eigenvalue weighted by molar-refractivity contribution is -0.145. The van der Waals surface area contributed by atoms with Crippen LogP contribution in [0.25, 0.3) is 0 Å². The van der Waals surface area contributed by atoms with Crippen LogP contribution in [0.1, 0.15) is 33.1 Å². The molecule has 0 bridgehead atoms. The summed E-state index contributed by atoms with van der Waals surface area (Å²) >= 11 is 0. The zero-order valence-electron chi connectivity index (χ0n) is 11.1. The van der Waals surface area contributed by atoms with Crippen molar-refractivity contribution in [2.24, 2.45) is 5.92 Å². The number of esters is 1. The Kier molecular flexibility index (Phi) is 5.59. The average Bonchev–Trinajstić information content (AvgIpc) is 2.77. The monoisotopic (exact) mass is 272 g/mol. The molecule has 7 nitrogen and oxygen atoms in total. The Hall–Kier alpha value is -1.79. The van der Waals surface area contributed by atoms with Gasteiger partial charge in [-0.05, 0) is 33.1 Å². The molecule has 1 aliphatic carbocycles. The number of carboxylic acid groups (broad SMARTS) is 1. The minimum Gasteiger partial charge on any atom is -0.481 e. The van der Waals surface area contributed by atoms with Gasteiger partial charge in [-0.3, -0.25) is 4.79 Å². The molecule has 0 aromatic rings. The molecule has 7 heteroatoms. The predicted octanol–water partition coefficient (Wildman–Crippen LogP) is 0.491. The maximum Gasteiger partial charge on any atom is 0.328 e. The Labute approximate surface area is 111 Å². The Morgan fingerprint density at radius 3 is 2.58 bits per heavy atom. The number of aliphatic carboxylic acids is 1. The van der Waals surface area contributed by atoms with Crippen molar-refractivity contribution < 1.29 is 24.2 Å². The summed E-state index contributed by atoms with van der Waals surface area (Å²) in [5, 5.41) is 14.0. The van der Waals surface area contributed by atoms with E-state index in [4.69, 9.17) is 9.84 Å². The van der Waals surface area contributed by atoms with Gasteiger partial charge < -0.3 is 20.5 Å². The predicted molar refractivity (Wildman–Crippen MR) is 66.5 cm³/mol. The molecule has 0 radical (unpaired) electrons. The van der Waals surface area contributed by atoms with Gasteiger partial charge in [0, 0.05) is 6.04 Å². The highest BCUT2D eigenvalue weighted by Crippen LogP contribution is 2.25. The van der Waals surface area contributed by atoms with Crippen LogP contribution in [0.4, 0.5) is 4.79 Å². The lowest BCUT2D eigenvalue weighted by Gasteiger charge is -2.16. The first-order valence-electron chi connectivity index (χ1n) is 6.40. The topological polar surface area (TPSA) is 105 Å². The zero-order valence-corrected chi connectivity index (χ0v) is 11.1. The first-order chi connectivity index (χ1) is 8.93. The summed E-state index contributed by atoms with van der Waals surface area (Å²) in [5.41, 5.74) is 0. The van der Waals surface area contributed by atoms with Crippen LogP contribution in [0.15, 0.2) is 0 Å². The Balaban J connectivity index is 2.32. The van der Waals surface area contributed by atoms with Gasteiger partial charge in [0.1, 0.15) is 6.04 Å². The minimum absolute atomic E-state index is 0.157. The van der Waals surface area contributed by atoms with Crippen LogP contribution >= 0.6 is 0 Å². The van der Waals surface area contributed by atoms with E-state index in [-0.39, 0.29) is 12.6 Å². The van der Waals surface area contributed by atoms with Gasteiger partial charge >= 0.3 is 18.0 Å². The van der Waals surface area contributed by atoms with Crippen molar-refractivity contribution >= 4 is 18.0 Å². The maximum absolute atomic E-state index is 11.6. The first-order valence-corrected chi connectivity index (χ1v) is 6.40. The van der Waals surface area contributed by atoms with Crippen LogP contribution in [0, 0.1) is 5.92 Å². The molecule has 0 aromatic heterocycles. The van der Waals surface area contributed by atoms with Crippen LogP contribution in [-0.4, -0.2) is 41.8 Å². The number of rotatable bonds is 5. The lowest BCUT2D eigenvalue weighted by atomic mass is 10.1. The van der Waals surface area contributed by atoms with E-state index in [2.05, 4.69) is 10.6 Å². The summed E-state index contributed by atoms with van der Waals surface area (Å²) in [6.45, 7) is 3.48. The van der Waals surface area contributed by atoms with Crippen molar-refractivity contribution in [1.82, 2.24) is 10.6 Å². The molecule has 0 aliphatic heterocycles. The van der Waals surface area contributed by atoms with Gasteiger partial charge in [0.05, 0.1) is 12.5 Å². The Morgan fingerprint density at radius 1 is 1.37 bits per heavy atom. The van der Waals surface area contributed by atoms with Crippen LogP contribution in [-0.2, 0) is 14.3 Å². The molecule has 2 amide bonds. The normalized spacial score (nSPS) is 23.5. The molecule has 0 heterocycles. The second-order valence-electron chi connectivity index (χ2n) is 4.64. The SMILES string of the molecule is CCOC(=O)C(C)NC(=O)N[C@H]1CC[C@@H](C(=O)O)C1. The Morgan fingerprint density at radius 2 is 2.05 bits per heavy atom. The van der Waals surface area contributed by atoms with Gasteiger partial charge in [-0.15, -0.1) is 0 Å². The van der Waals surface area contributed by atoms with Crippen LogP contribution in [0.5, 0.6) is 0 Å². The third-order valence-corrected chi connectivity index (χ3v) is 3.10. The van der Waals surface area contributed by atoms with Crippen molar-refractivity contribution in [1.29, 1.82) is 0 Å². The molecule has 0 aromatic carbocycles. The van der Waals surface area contributed by atoms with Crippen LogP contribution < -0.4 is 10.6 Å². The van der Waals surface area contributed by atoms with E-state index in [0.29, 0.717) is 19.3 Å². The zero-order chi connectivity index (χ0) is 14.4. The second kappa shape index (κ2) is 6.96. The molecule has 1 saturated carbocycles. The van der Waals surface area contributed by atoms with E-state index in [0.717, 1.165) is 0 Å². The molecule has 0 saturated heterocycles. The number of carboxylic acids is 1. The molecule has 1 unspecified atom stereocenters. The number of hydrogen-bond donors (Lipinski definition) is 3. The number of hydrogen-bond acceptors (Lipinski definition) is 4. The van der Waals surface area contributed by atoms with E-state index in [1.54, 1.807) is 6.92 Å². The fourth-order valence-electron chi connectivity index (χ4n) is 2.09. The molecule has 108 valence electrons. The number of ether oxygens (including phenoxy) is 1. The number of amides is 2. The van der Waals surface area contributed by atoms with Gasteiger partial charge in [0.2, 0.25) is 0 Å². The molecule has 19 heavy (non-hydrogen) atoms. The quantitative estimate of drug-likeness (QED) is 0.632. The van der Waals surface area contributed by atoms with E-state index in [1.165, 1.54) is 6.92 Å². The summed E-state index contributed by atoms with van der Waals surface area (Å²) in [5.74, 6) is -1.72. The lowest BCUT2D eigenvalue weighted by Crippen LogP contribution is -2.47. The molecular formula is C12H20N2O5. The highest BCUT2D eigenvalue weighted by Gasteiger charge is 2.30. The summed E-state index contributed by atoms with van der Waals surface area (Å²) in [6, 6.07) is -1.36. The van der Waals surface area contributed by atoms with E-state index in [1.807, 2.05) is 0 Å². The highest BCUT2D eigenvalue weighted by molar-refractivity contribution is 5.83. The molecule has 1 rings (SSSR count). The molecular weight excluding hydrogens is 252 g/mol. The fraction of sp³-hybridized carbons (Fsp3) is 0.750. The molecule has 3 N–H and O–H groups in total. The largest absolute Gasteiger partial charge is 0.481 e. The maximum atomic E-state index is 11.6. The third-order valence-electron chi connectivity index (χ3n) is 3.10. The summed E-state index contributed by atoms with van der Waals surface area (Å²) < 4.78 is 4.76. The second-order valence-corrected chi connectivity index (χ2v) is 4.64. The van der Waals surface area contributed by atoms with Crippen LogP contribution in [0.2, 0.25) is 0 Å². The third kappa shape index (κ3) is 4.76. The van der Waals surface area contributed by atoms with E-state index >= 15 is 0 Å². The minimum atomic E-state index is -0.829. The van der Waals surface area contributed by atoms with Gasteiger partial charge in [-0.2, -0.15) is 0 Å². The Bertz CT molecular complexity index is 358. The van der Waals surface area contributed by atoms with Crippen molar-refractivity contribution in [3.63, 3.8) is 0 Å². The number of carbonyl (C=O) groups excluding carboxylic acids is 2. The first kappa shape index (κ1) is 15.3. The van der Waals surface area contributed by atoms with Crippen molar-refractivity contribution in [3.05, 3.63) is 0 Å². The van der Waals surface area contributed by atoms with Crippen molar-refractivity contribution in [2.45, 2.75) is 45.2 Å². The van der Waals surface area contributed by atoms with Crippen molar-refractivity contribution in [3.8, 4) is 0 Å². The van der Waals surface area contributed by atoms with Gasteiger partial charge in [-0.25, -0.2) is 9.59 Å². The van der Waals surface area contributed by atoms with Gasteiger partial charge in [0.15, 0.2) is 0 Å². The number of urea groups is 1. The van der Waals surface area contributed by atoms with E-state index in [9.17, 15) is 14.4 Å². The summed E-state index contributed by atoms with van der Waals surface area (Å²) in [7, 11) is 0.